The Hall–Kier alpha value is -1.09. The summed E-state index contributed by atoms with van der Waals surface area (Å²) in [5.41, 5.74) is 0.630. The van der Waals surface area contributed by atoms with Gasteiger partial charge in [-0.1, -0.05) is 11.6 Å². The molecule has 0 radical (unpaired) electrons. The number of hydrogen-bond acceptors (Lipinski definition) is 2. The molecule has 0 saturated carbocycles. The van der Waals surface area contributed by atoms with Gasteiger partial charge in [-0.25, -0.2) is 9.78 Å². The first-order valence-corrected chi connectivity index (χ1v) is 3.35. The molecule has 0 bridgehead atoms. The lowest BCUT2D eigenvalue weighted by molar-refractivity contribution is 0.0690. The van der Waals surface area contributed by atoms with Gasteiger partial charge in [0.05, 0.1) is 5.02 Å². The monoisotopic (exact) mass is 171 g/mol. The van der Waals surface area contributed by atoms with Gasteiger partial charge in [0.1, 0.15) is 0 Å². The fourth-order valence-corrected chi connectivity index (χ4v) is 0.882. The molecular formula is C7H6ClNO2. The number of carboxylic acid groups (broad SMARTS) is 1. The molecule has 0 unspecified atom stereocenters. The second kappa shape index (κ2) is 2.88. The first kappa shape index (κ1) is 8.01. The number of carboxylic acids is 1. The third kappa shape index (κ3) is 1.49. The number of hydrogen-bond donors (Lipinski definition) is 1. The van der Waals surface area contributed by atoms with Gasteiger partial charge in [0.15, 0.2) is 5.69 Å². The Morgan fingerprint density at radius 2 is 2.36 bits per heavy atom. The van der Waals surface area contributed by atoms with E-state index in [1.807, 2.05) is 0 Å². The van der Waals surface area contributed by atoms with Crippen molar-refractivity contribution in [2.75, 3.05) is 0 Å². The highest BCUT2D eigenvalue weighted by Crippen LogP contribution is 2.17. The highest BCUT2D eigenvalue weighted by atomic mass is 35.5. The number of carbonyl (C=O) groups is 1. The van der Waals surface area contributed by atoms with Crippen LogP contribution in [-0.4, -0.2) is 16.1 Å². The largest absolute Gasteiger partial charge is 0.476 e. The number of aryl methyl sites for hydroxylation is 1. The first-order valence-electron chi connectivity index (χ1n) is 2.97. The third-order valence-electron chi connectivity index (χ3n) is 1.28. The number of aromatic nitrogens is 1. The van der Waals surface area contributed by atoms with E-state index in [1.165, 1.54) is 6.20 Å². The number of nitrogens with zero attached hydrogens (tertiary/aromatic N) is 1. The van der Waals surface area contributed by atoms with Crippen LogP contribution in [0.25, 0.3) is 0 Å². The Balaban J connectivity index is 3.27. The molecule has 0 aliphatic heterocycles. The summed E-state index contributed by atoms with van der Waals surface area (Å²) in [4.78, 5) is 14.0. The smallest absolute Gasteiger partial charge is 0.356 e. The Labute approximate surface area is 68.6 Å². The van der Waals surface area contributed by atoms with Crippen LogP contribution in [0.3, 0.4) is 0 Å². The van der Waals surface area contributed by atoms with Crippen LogP contribution in [0.2, 0.25) is 5.02 Å². The quantitative estimate of drug-likeness (QED) is 0.700. The van der Waals surface area contributed by atoms with Crippen LogP contribution in [0.5, 0.6) is 0 Å². The standard InChI is InChI=1S/C7H6ClNO2/c1-4-2-3-9-6(5(4)8)7(10)11/h2-3H,1H3,(H,10,11). The van der Waals surface area contributed by atoms with Gasteiger partial charge in [0.2, 0.25) is 0 Å². The average molecular weight is 172 g/mol. The lowest BCUT2D eigenvalue weighted by Gasteiger charge is -1.98. The van der Waals surface area contributed by atoms with Crippen molar-refractivity contribution in [2.45, 2.75) is 6.92 Å². The SMILES string of the molecule is Cc1ccnc(C(=O)O)c1Cl. The summed E-state index contributed by atoms with van der Waals surface area (Å²) >= 11 is 5.64. The van der Waals surface area contributed by atoms with E-state index >= 15 is 0 Å². The molecule has 0 atom stereocenters. The molecule has 3 nitrogen and oxygen atoms in total. The van der Waals surface area contributed by atoms with Crippen molar-refractivity contribution in [3.05, 3.63) is 28.5 Å². The van der Waals surface area contributed by atoms with E-state index < -0.39 is 5.97 Å². The zero-order valence-electron chi connectivity index (χ0n) is 5.84. The van der Waals surface area contributed by atoms with Crippen molar-refractivity contribution in [2.24, 2.45) is 0 Å². The van der Waals surface area contributed by atoms with E-state index in [0.717, 1.165) is 5.56 Å². The first-order chi connectivity index (χ1) is 5.13. The van der Waals surface area contributed by atoms with Gasteiger partial charge in [-0.05, 0) is 18.6 Å². The van der Waals surface area contributed by atoms with Gasteiger partial charge in [0, 0.05) is 6.20 Å². The van der Waals surface area contributed by atoms with E-state index in [4.69, 9.17) is 16.7 Å². The molecule has 1 heterocycles. The van der Waals surface area contributed by atoms with Gasteiger partial charge in [-0.3, -0.25) is 0 Å². The molecular weight excluding hydrogens is 166 g/mol. The number of pyridine rings is 1. The summed E-state index contributed by atoms with van der Waals surface area (Å²) in [6.07, 6.45) is 1.42. The maximum absolute atomic E-state index is 10.4. The highest BCUT2D eigenvalue weighted by molar-refractivity contribution is 6.33. The lowest BCUT2D eigenvalue weighted by Crippen LogP contribution is -2.01. The topological polar surface area (TPSA) is 50.2 Å². The molecule has 0 aliphatic carbocycles. The fourth-order valence-electron chi connectivity index (χ4n) is 0.689. The van der Waals surface area contributed by atoms with Crippen molar-refractivity contribution in [3.63, 3.8) is 0 Å². The maximum atomic E-state index is 10.4. The van der Waals surface area contributed by atoms with E-state index in [-0.39, 0.29) is 10.7 Å². The van der Waals surface area contributed by atoms with Crippen molar-refractivity contribution in [3.8, 4) is 0 Å². The molecule has 0 spiro atoms. The molecule has 0 aliphatic rings. The van der Waals surface area contributed by atoms with Crippen LogP contribution < -0.4 is 0 Å². The van der Waals surface area contributed by atoms with Crippen LogP contribution in [0.4, 0.5) is 0 Å². The van der Waals surface area contributed by atoms with Crippen molar-refractivity contribution < 1.29 is 9.90 Å². The van der Waals surface area contributed by atoms with Crippen LogP contribution in [-0.2, 0) is 0 Å². The molecule has 0 amide bonds. The van der Waals surface area contributed by atoms with Gasteiger partial charge < -0.3 is 5.11 Å². The normalized spacial score (nSPS) is 9.64. The number of aromatic carboxylic acids is 1. The van der Waals surface area contributed by atoms with E-state index in [0.29, 0.717) is 0 Å². The van der Waals surface area contributed by atoms with Gasteiger partial charge >= 0.3 is 5.97 Å². The van der Waals surface area contributed by atoms with Crippen molar-refractivity contribution in [1.82, 2.24) is 4.98 Å². The van der Waals surface area contributed by atoms with Crippen LogP contribution in [0.1, 0.15) is 16.1 Å². The van der Waals surface area contributed by atoms with Crippen molar-refractivity contribution >= 4 is 17.6 Å². The van der Waals surface area contributed by atoms with Gasteiger partial charge in [-0.2, -0.15) is 0 Å². The van der Waals surface area contributed by atoms with E-state index in [9.17, 15) is 4.79 Å². The maximum Gasteiger partial charge on any atom is 0.356 e. The minimum absolute atomic E-state index is 0.0910. The zero-order chi connectivity index (χ0) is 8.43. The Bertz CT molecular complexity index is 298. The average Bonchev–Trinajstić information content (AvgIpc) is 1.94. The summed E-state index contributed by atoms with van der Waals surface area (Å²) in [6, 6.07) is 1.66. The molecule has 58 valence electrons. The third-order valence-corrected chi connectivity index (χ3v) is 1.76. The fraction of sp³-hybridized carbons (Fsp3) is 0.143. The predicted molar refractivity (Wildman–Crippen MR) is 40.9 cm³/mol. The second-order valence-corrected chi connectivity index (χ2v) is 2.47. The summed E-state index contributed by atoms with van der Waals surface area (Å²) < 4.78 is 0. The van der Waals surface area contributed by atoms with Crippen LogP contribution in [0.15, 0.2) is 12.3 Å². The zero-order valence-corrected chi connectivity index (χ0v) is 6.59. The number of rotatable bonds is 1. The lowest BCUT2D eigenvalue weighted by atomic mass is 10.2. The minimum Gasteiger partial charge on any atom is -0.476 e. The number of halogens is 1. The Morgan fingerprint density at radius 3 is 2.82 bits per heavy atom. The van der Waals surface area contributed by atoms with Crippen LogP contribution in [0, 0.1) is 6.92 Å². The van der Waals surface area contributed by atoms with E-state index in [1.54, 1.807) is 13.0 Å². The predicted octanol–water partition coefficient (Wildman–Crippen LogP) is 1.74. The molecule has 1 aromatic rings. The molecule has 1 N–H and O–H groups in total. The van der Waals surface area contributed by atoms with Crippen LogP contribution >= 0.6 is 11.6 Å². The Kier molecular flexibility index (Phi) is 2.10. The molecule has 0 saturated heterocycles. The Morgan fingerprint density at radius 1 is 1.73 bits per heavy atom. The summed E-state index contributed by atoms with van der Waals surface area (Å²) in [6.45, 7) is 1.73. The van der Waals surface area contributed by atoms with E-state index in [2.05, 4.69) is 4.98 Å². The second-order valence-electron chi connectivity index (χ2n) is 2.10. The van der Waals surface area contributed by atoms with Gasteiger partial charge in [-0.15, -0.1) is 0 Å². The highest BCUT2D eigenvalue weighted by Gasteiger charge is 2.10. The van der Waals surface area contributed by atoms with Gasteiger partial charge in [0.25, 0.3) is 0 Å². The molecule has 0 fully saturated rings. The summed E-state index contributed by atoms with van der Waals surface area (Å²) in [5.74, 6) is -1.10. The molecule has 0 aromatic carbocycles. The summed E-state index contributed by atoms with van der Waals surface area (Å²) in [5, 5.41) is 8.75. The minimum atomic E-state index is -1.10. The summed E-state index contributed by atoms with van der Waals surface area (Å²) in [7, 11) is 0. The van der Waals surface area contributed by atoms with Crippen molar-refractivity contribution in [1.29, 1.82) is 0 Å². The molecule has 4 heteroatoms. The molecule has 11 heavy (non-hydrogen) atoms. The molecule has 1 aromatic heterocycles. The molecule has 1 rings (SSSR count).